The summed E-state index contributed by atoms with van der Waals surface area (Å²) in [5.74, 6) is 0.974. The van der Waals surface area contributed by atoms with Crippen molar-refractivity contribution < 1.29 is 4.74 Å². The standard InChI is InChI=1S/C17H28N2OS/c1-16(21-2)8-9-18-10-12-19(13-11-18)14-15-20-17-6-4-3-5-7-17/h3-7,16H,8-15H2,1-2H3/t16-/m1/s1. The minimum absolute atomic E-state index is 0.780. The van der Waals surface area contributed by atoms with Gasteiger partial charge in [-0.2, -0.15) is 11.8 Å². The summed E-state index contributed by atoms with van der Waals surface area (Å²) < 4.78 is 5.77. The Balaban J connectivity index is 1.57. The van der Waals surface area contributed by atoms with Crippen LogP contribution in [0.4, 0.5) is 0 Å². The van der Waals surface area contributed by atoms with E-state index in [-0.39, 0.29) is 0 Å². The van der Waals surface area contributed by atoms with Crippen LogP contribution < -0.4 is 4.74 Å². The first kappa shape index (κ1) is 16.7. The van der Waals surface area contributed by atoms with Gasteiger partial charge in [0, 0.05) is 38.0 Å². The van der Waals surface area contributed by atoms with E-state index in [1.165, 1.54) is 39.1 Å². The fourth-order valence-electron chi connectivity index (χ4n) is 2.53. The number of piperazine rings is 1. The number of thioether (sulfide) groups is 1. The summed E-state index contributed by atoms with van der Waals surface area (Å²) in [6.45, 7) is 10.1. The van der Waals surface area contributed by atoms with Gasteiger partial charge in [0.2, 0.25) is 0 Å². The molecule has 0 aromatic heterocycles. The summed E-state index contributed by atoms with van der Waals surface area (Å²) >= 11 is 1.97. The van der Waals surface area contributed by atoms with Crippen LogP contribution in [0.25, 0.3) is 0 Å². The molecule has 1 fully saturated rings. The average molecular weight is 308 g/mol. The van der Waals surface area contributed by atoms with Gasteiger partial charge >= 0.3 is 0 Å². The molecule has 1 aliphatic heterocycles. The van der Waals surface area contributed by atoms with Gasteiger partial charge in [0.15, 0.2) is 0 Å². The monoisotopic (exact) mass is 308 g/mol. The Kier molecular flexibility index (Phi) is 7.41. The molecule has 4 heteroatoms. The first-order valence-corrected chi connectivity index (χ1v) is 9.22. The molecule has 118 valence electrons. The lowest BCUT2D eigenvalue weighted by Gasteiger charge is -2.34. The molecule has 0 spiro atoms. The zero-order chi connectivity index (χ0) is 14.9. The minimum Gasteiger partial charge on any atom is -0.492 e. The van der Waals surface area contributed by atoms with Crippen LogP contribution in [0.3, 0.4) is 0 Å². The van der Waals surface area contributed by atoms with E-state index in [1.54, 1.807) is 0 Å². The SMILES string of the molecule is CS[C@H](C)CCN1CCN(CCOc2ccccc2)CC1. The molecule has 1 aliphatic rings. The molecule has 1 saturated heterocycles. The lowest BCUT2D eigenvalue weighted by Crippen LogP contribution is -2.47. The number of rotatable bonds is 8. The minimum atomic E-state index is 0.780. The largest absolute Gasteiger partial charge is 0.492 e. The van der Waals surface area contributed by atoms with Gasteiger partial charge in [-0.3, -0.25) is 4.90 Å². The van der Waals surface area contributed by atoms with Crippen LogP contribution in [0, 0.1) is 0 Å². The maximum atomic E-state index is 5.77. The van der Waals surface area contributed by atoms with Gasteiger partial charge in [-0.05, 0) is 31.4 Å². The number of hydrogen-bond donors (Lipinski definition) is 0. The Hall–Kier alpha value is -0.710. The molecule has 1 aromatic carbocycles. The fourth-order valence-corrected chi connectivity index (χ4v) is 2.87. The molecule has 1 aromatic rings. The molecule has 0 bridgehead atoms. The predicted octanol–water partition coefficient (Wildman–Crippen LogP) is 2.82. The van der Waals surface area contributed by atoms with Gasteiger partial charge in [-0.25, -0.2) is 0 Å². The third-order valence-corrected chi connectivity index (χ3v) is 5.18. The van der Waals surface area contributed by atoms with E-state index < -0.39 is 0 Å². The quantitative estimate of drug-likeness (QED) is 0.733. The molecule has 3 nitrogen and oxygen atoms in total. The van der Waals surface area contributed by atoms with Crippen molar-refractivity contribution in [2.75, 3.05) is 52.1 Å². The summed E-state index contributed by atoms with van der Waals surface area (Å²) in [5.41, 5.74) is 0. The fraction of sp³-hybridized carbons (Fsp3) is 0.647. The smallest absolute Gasteiger partial charge is 0.119 e. The molecular weight excluding hydrogens is 280 g/mol. The lowest BCUT2D eigenvalue weighted by molar-refractivity contribution is 0.116. The molecule has 0 radical (unpaired) electrons. The summed E-state index contributed by atoms with van der Waals surface area (Å²) in [4.78, 5) is 5.11. The third-order valence-electron chi connectivity index (χ3n) is 4.14. The first-order valence-electron chi connectivity index (χ1n) is 7.93. The number of nitrogens with zero attached hydrogens (tertiary/aromatic N) is 2. The van der Waals surface area contributed by atoms with Crippen molar-refractivity contribution in [3.05, 3.63) is 30.3 Å². The predicted molar refractivity (Wildman–Crippen MR) is 92.4 cm³/mol. The summed E-state index contributed by atoms with van der Waals surface area (Å²) in [6, 6.07) is 10.1. The highest BCUT2D eigenvalue weighted by atomic mass is 32.2. The molecule has 21 heavy (non-hydrogen) atoms. The Bertz CT molecular complexity index is 380. The molecule has 0 amide bonds. The Labute approximate surface area is 133 Å². The zero-order valence-corrected chi connectivity index (χ0v) is 14.1. The molecule has 2 rings (SSSR count). The van der Waals surface area contributed by atoms with Crippen molar-refractivity contribution in [3.63, 3.8) is 0 Å². The summed E-state index contributed by atoms with van der Waals surface area (Å²) in [7, 11) is 0. The number of ether oxygens (including phenoxy) is 1. The van der Waals surface area contributed by atoms with E-state index in [0.29, 0.717) is 0 Å². The third kappa shape index (κ3) is 6.29. The second-order valence-electron chi connectivity index (χ2n) is 5.68. The molecule has 0 aliphatic carbocycles. The Morgan fingerprint density at radius 3 is 2.29 bits per heavy atom. The van der Waals surface area contributed by atoms with E-state index in [9.17, 15) is 0 Å². The highest BCUT2D eigenvalue weighted by Crippen LogP contribution is 2.12. The topological polar surface area (TPSA) is 15.7 Å². The van der Waals surface area contributed by atoms with Crippen LogP contribution in [0.2, 0.25) is 0 Å². The van der Waals surface area contributed by atoms with Gasteiger partial charge in [0.25, 0.3) is 0 Å². The van der Waals surface area contributed by atoms with Gasteiger partial charge < -0.3 is 9.64 Å². The second kappa shape index (κ2) is 9.34. The van der Waals surface area contributed by atoms with Gasteiger partial charge in [0.1, 0.15) is 12.4 Å². The van der Waals surface area contributed by atoms with Crippen molar-refractivity contribution in [1.82, 2.24) is 9.80 Å². The molecular formula is C17H28N2OS. The number of hydrogen-bond acceptors (Lipinski definition) is 4. The normalized spacial score (nSPS) is 18.6. The Morgan fingerprint density at radius 2 is 1.67 bits per heavy atom. The number of benzene rings is 1. The van der Waals surface area contributed by atoms with Crippen molar-refractivity contribution in [2.45, 2.75) is 18.6 Å². The van der Waals surface area contributed by atoms with Gasteiger partial charge in [-0.1, -0.05) is 25.1 Å². The van der Waals surface area contributed by atoms with Crippen LogP contribution in [-0.2, 0) is 0 Å². The molecule has 0 saturated carbocycles. The average Bonchev–Trinajstić information content (AvgIpc) is 2.55. The van der Waals surface area contributed by atoms with Crippen LogP contribution in [0.15, 0.2) is 30.3 Å². The summed E-state index contributed by atoms with van der Waals surface area (Å²) in [6.07, 6.45) is 3.51. The molecule has 1 atom stereocenters. The van der Waals surface area contributed by atoms with Gasteiger partial charge in [-0.15, -0.1) is 0 Å². The van der Waals surface area contributed by atoms with Crippen molar-refractivity contribution in [1.29, 1.82) is 0 Å². The van der Waals surface area contributed by atoms with Crippen LogP contribution in [0.1, 0.15) is 13.3 Å². The van der Waals surface area contributed by atoms with Crippen molar-refractivity contribution in [3.8, 4) is 5.75 Å². The Morgan fingerprint density at radius 1 is 1.05 bits per heavy atom. The zero-order valence-electron chi connectivity index (χ0n) is 13.3. The molecule has 0 unspecified atom stereocenters. The maximum absolute atomic E-state index is 5.77. The van der Waals surface area contributed by atoms with Crippen molar-refractivity contribution in [2.24, 2.45) is 0 Å². The van der Waals surface area contributed by atoms with Gasteiger partial charge in [0.05, 0.1) is 0 Å². The highest BCUT2D eigenvalue weighted by Gasteiger charge is 2.16. The van der Waals surface area contributed by atoms with E-state index >= 15 is 0 Å². The van der Waals surface area contributed by atoms with Crippen LogP contribution in [0.5, 0.6) is 5.75 Å². The van der Waals surface area contributed by atoms with Crippen molar-refractivity contribution >= 4 is 11.8 Å². The molecule has 1 heterocycles. The van der Waals surface area contributed by atoms with E-state index in [2.05, 4.69) is 23.0 Å². The van der Waals surface area contributed by atoms with E-state index in [0.717, 1.165) is 24.2 Å². The second-order valence-corrected chi connectivity index (χ2v) is 6.96. The van der Waals surface area contributed by atoms with Crippen LogP contribution in [-0.4, -0.2) is 67.2 Å². The first-order chi connectivity index (χ1) is 10.3. The lowest BCUT2D eigenvalue weighted by atomic mass is 10.2. The highest BCUT2D eigenvalue weighted by molar-refractivity contribution is 7.99. The molecule has 0 N–H and O–H groups in total. The van der Waals surface area contributed by atoms with Crippen LogP contribution >= 0.6 is 11.8 Å². The van der Waals surface area contributed by atoms with E-state index in [4.69, 9.17) is 4.74 Å². The number of para-hydroxylation sites is 1. The maximum Gasteiger partial charge on any atom is 0.119 e. The summed E-state index contributed by atoms with van der Waals surface area (Å²) in [5, 5.41) is 0.780. The van der Waals surface area contributed by atoms with E-state index in [1.807, 2.05) is 42.1 Å².